The Bertz CT molecular complexity index is 441. The zero-order chi connectivity index (χ0) is 13.0. The van der Waals surface area contributed by atoms with Crippen molar-refractivity contribution in [1.82, 2.24) is 20.6 Å². The number of amides is 2. The van der Waals surface area contributed by atoms with E-state index in [-0.39, 0.29) is 5.56 Å². The lowest BCUT2D eigenvalue weighted by Crippen LogP contribution is -2.44. The number of carbonyl (C=O) groups excluding carboxylic acids is 1. The Hall–Kier alpha value is -2.22. The Morgan fingerprint density at radius 2 is 1.89 bits per heavy atom. The second kappa shape index (κ2) is 5.41. The van der Waals surface area contributed by atoms with Crippen molar-refractivity contribution in [3.05, 3.63) is 18.0 Å². The molecule has 0 radical (unpaired) electrons. The molecule has 8 nitrogen and oxygen atoms in total. The van der Waals surface area contributed by atoms with E-state index < -0.39 is 12.0 Å². The molecule has 0 aliphatic carbocycles. The summed E-state index contributed by atoms with van der Waals surface area (Å²) in [4.78, 5) is 31.8. The van der Waals surface area contributed by atoms with Gasteiger partial charge in [-0.25, -0.2) is 14.8 Å². The SMILES string of the molecule is O=C(O)NC(=O)c1cnc(N2CCNCC2)nc1. The standard InChI is InChI=1S/C10H13N5O3/c16-8(14-10(17)18)7-5-12-9(13-6-7)15-3-1-11-2-4-15/h5-6,11H,1-4H2,(H,14,16)(H,17,18). The number of nitrogens with zero attached hydrogens (tertiary/aromatic N) is 3. The van der Waals surface area contributed by atoms with Crippen LogP contribution in [0, 0.1) is 0 Å². The molecule has 0 saturated carbocycles. The molecule has 18 heavy (non-hydrogen) atoms. The third-order valence-electron chi connectivity index (χ3n) is 2.52. The number of rotatable bonds is 2. The Kier molecular flexibility index (Phi) is 3.68. The number of hydrogen-bond donors (Lipinski definition) is 3. The van der Waals surface area contributed by atoms with E-state index in [1.54, 1.807) is 5.32 Å². The number of imide groups is 1. The summed E-state index contributed by atoms with van der Waals surface area (Å²) in [5, 5.41) is 13.4. The fourth-order valence-corrected chi connectivity index (χ4v) is 1.64. The zero-order valence-corrected chi connectivity index (χ0v) is 9.59. The summed E-state index contributed by atoms with van der Waals surface area (Å²) in [6, 6.07) is 0. The van der Waals surface area contributed by atoms with Gasteiger partial charge in [0.15, 0.2) is 0 Å². The highest BCUT2D eigenvalue weighted by molar-refractivity contribution is 6.02. The van der Waals surface area contributed by atoms with Crippen LogP contribution in [0.2, 0.25) is 0 Å². The average Bonchev–Trinajstić information content (AvgIpc) is 2.39. The summed E-state index contributed by atoms with van der Waals surface area (Å²) >= 11 is 0. The topological polar surface area (TPSA) is 107 Å². The van der Waals surface area contributed by atoms with Gasteiger partial charge in [-0.3, -0.25) is 10.1 Å². The van der Waals surface area contributed by atoms with E-state index in [9.17, 15) is 9.59 Å². The molecule has 0 aromatic carbocycles. The van der Waals surface area contributed by atoms with E-state index in [4.69, 9.17) is 5.11 Å². The normalized spacial score (nSPS) is 15.2. The summed E-state index contributed by atoms with van der Waals surface area (Å²) < 4.78 is 0. The van der Waals surface area contributed by atoms with E-state index in [0.29, 0.717) is 5.95 Å². The first kappa shape index (κ1) is 12.2. The van der Waals surface area contributed by atoms with Crippen molar-refractivity contribution in [1.29, 1.82) is 0 Å². The lowest BCUT2D eigenvalue weighted by molar-refractivity contribution is 0.0947. The predicted octanol–water partition coefficient (Wildman–Crippen LogP) is -0.706. The van der Waals surface area contributed by atoms with Gasteiger partial charge in [-0.2, -0.15) is 0 Å². The van der Waals surface area contributed by atoms with Crippen LogP contribution in [0.1, 0.15) is 10.4 Å². The number of carbonyl (C=O) groups is 2. The minimum Gasteiger partial charge on any atom is -0.465 e. The van der Waals surface area contributed by atoms with Crippen LogP contribution in [0.4, 0.5) is 10.7 Å². The molecule has 1 aromatic heterocycles. The van der Waals surface area contributed by atoms with Gasteiger partial charge in [0.2, 0.25) is 5.95 Å². The molecule has 0 atom stereocenters. The third kappa shape index (κ3) is 2.92. The molecule has 8 heteroatoms. The van der Waals surface area contributed by atoms with Crippen LogP contribution in [-0.4, -0.2) is 53.3 Å². The van der Waals surface area contributed by atoms with Crippen LogP contribution in [0.5, 0.6) is 0 Å². The molecule has 0 bridgehead atoms. The number of carboxylic acid groups (broad SMARTS) is 1. The quantitative estimate of drug-likeness (QED) is 0.637. The predicted molar refractivity (Wildman–Crippen MR) is 62.6 cm³/mol. The second-order valence-electron chi connectivity index (χ2n) is 3.77. The van der Waals surface area contributed by atoms with E-state index >= 15 is 0 Å². The molecule has 2 rings (SSSR count). The first-order valence-corrected chi connectivity index (χ1v) is 5.49. The van der Waals surface area contributed by atoms with Crippen LogP contribution in [-0.2, 0) is 0 Å². The number of hydrogen-bond acceptors (Lipinski definition) is 6. The minimum absolute atomic E-state index is 0.122. The maximum Gasteiger partial charge on any atom is 0.411 e. The third-order valence-corrected chi connectivity index (χ3v) is 2.52. The fourth-order valence-electron chi connectivity index (χ4n) is 1.64. The molecule has 1 aromatic rings. The van der Waals surface area contributed by atoms with E-state index in [1.807, 2.05) is 4.90 Å². The number of piperazine rings is 1. The number of anilines is 1. The maximum atomic E-state index is 11.3. The van der Waals surface area contributed by atoms with Crippen molar-refractivity contribution in [3.8, 4) is 0 Å². The Morgan fingerprint density at radius 3 is 2.44 bits per heavy atom. The highest BCUT2D eigenvalue weighted by atomic mass is 16.4. The van der Waals surface area contributed by atoms with Crippen molar-refractivity contribution in [2.45, 2.75) is 0 Å². The molecular weight excluding hydrogens is 238 g/mol. The first-order chi connectivity index (χ1) is 8.66. The lowest BCUT2D eigenvalue weighted by Gasteiger charge is -2.27. The molecular formula is C10H13N5O3. The highest BCUT2D eigenvalue weighted by Gasteiger charge is 2.14. The van der Waals surface area contributed by atoms with Crippen LogP contribution in [0.25, 0.3) is 0 Å². The van der Waals surface area contributed by atoms with E-state index in [0.717, 1.165) is 26.2 Å². The second-order valence-corrected chi connectivity index (χ2v) is 3.77. The maximum absolute atomic E-state index is 11.3. The van der Waals surface area contributed by atoms with E-state index in [1.165, 1.54) is 12.4 Å². The van der Waals surface area contributed by atoms with Gasteiger partial charge >= 0.3 is 6.09 Å². The largest absolute Gasteiger partial charge is 0.465 e. The minimum atomic E-state index is -1.40. The molecule has 0 spiro atoms. The van der Waals surface area contributed by atoms with Crippen molar-refractivity contribution in [3.63, 3.8) is 0 Å². The summed E-state index contributed by atoms with van der Waals surface area (Å²) in [6.45, 7) is 3.34. The molecule has 2 heterocycles. The fraction of sp³-hybridized carbons (Fsp3) is 0.400. The molecule has 1 aliphatic rings. The van der Waals surface area contributed by atoms with Gasteiger partial charge < -0.3 is 15.3 Å². The summed E-state index contributed by atoms with van der Waals surface area (Å²) in [6.07, 6.45) is 1.25. The molecule has 96 valence electrons. The van der Waals surface area contributed by atoms with Gasteiger partial charge in [0.1, 0.15) is 0 Å². The first-order valence-electron chi connectivity index (χ1n) is 5.49. The van der Waals surface area contributed by atoms with Gasteiger partial charge in [0.05, 0.1) is 5.56 Å². The van der Waals surface area contributed by atoms with Crippen molar-refractivity contribution in [2.24, 2.45) is 0 Å². The van der Waals surface area contributed by atoms with Gasteiger partial charge in [-0.15, -0.1) is 0 Å². The highest BCUT2D eigenvalue weighted by Crippen LogP contribution is 2.07. The molecule has 2 amide bonds. The van der Waals surface area contributed by atoms with Crippen LogP contribution in [0.3, 0.4) is 0 Å². The Morgan fingerprint density at radius 1 is 1.28 bits per heavy atom. The van der Waals surface area contributed by atoms with Gasteiger partial charge in [0.25, 0.3) is 5.91 Å². The van der Waals surface area contributed by atoms with E-state index in [2.05, 4.69) is 15.3 Å². The summed E-state index contributed by atoms with van der Waals surface area (Å²) in [5.74, 6) is -0.183. The number of nitrogens with one attached hydrogen (secondary N) is 2. The lowest BCUT2D eigenvalue weighted by atomic mass is 10.3. The van der Waals surface area contributed by atoms with Crippen molar-refractivity contribution in [2.75, 3.05) is 31.1 Å². The zero-order valence-electron chi connectivity index (χ0n) is 9.59. The average molecular weight is 251 g/mol. The smallest absolute Gasteiger partial charge is 0.411 e. The monoisotopic (exact) mass is 251 g/mol. The van der Waals surface area contributed by atoms with Gasteiger partial charge in [-0.1, -0.05) is 0 Å². The molecule has 1 saturated heterocycles. The molecule has 1 aliphatic heterocycles. The van der Waals surface area contributed by atoms with Crippen LogP contribution in [0.15, 0.2) is 12.4 Å². The summed E-state index contributed by atoms with van der Waals surface area (Å²) in [5.41, 5.74) is 0.122. The number of aromatic nitrogens is 2. The Balaban J connectivity index is 2.04. The van der Waals surface area contributed by atoms with Gasteiger partial charge in [0, 0.05) is 38.6 Å². The molecule has 3 N–H and O–H groups in total. The van der Waals surface area contributed by atoms with Crippen LogP contribution < -0.4 is 15.5 Å². The van der Waals surface area contributed by atoms with Crippen molar-refractivity contribution < 1.29 is 14.7 Å². The Labute approximate surface area is 103 Å². The molecule has 0 unspecified atom stereocenters. The van der Waals surface area contributed by atoms with Crippen molar-refractivity contribution >= 4 is 17.9 Å². The summed E-state index contributed by atoms with van der Waals surface area (Å²) in [7, 11) is 0. The van der Waals surface area contributed by atoms with Gasteiger partial charge in [-0.05, 0) is 0 Å². The van der Waals surface area contributed by atoms with Crippen LogP contribution >= 0.6 is 0 Å². The molecule has 1 fully saturated rings.